The van der Waals surface area contributed by atoms with E-state index in [-0.39, 0.29) is 22.3 Å². The van der Waals surface area contributed by atoms with Gasteiger partial charge in [-0.25, -0.2) is 4.79 Å². The van der Waals surface area contributed by atoms with Gasteiger partial charge >= 0.3 is 5.97 Å². The molecule has 0 fully saturated rings. The maximum Gasteiger partial charge on any atom is 0.373 e. The molecule has 0 heterocycles. The fourth-order valence-electron chi connectivity index (χ4n) is 0.0572. The normalized spacial score (nSPS) is 7.12. The Morgan fingerprint density at radius 1 is 1.50 bits per heavy atom. The second kappa shape index (κ2) is 5.24. The zero-order chi connectivity index (χ0) is 5.86. The summed E-state index contributed by atoms with van der Waals surface area (Å²) in [5.41, 5.74) is 0. The number of rotatable bonds is 2. The van der Waals surface area contributed by atoms with Gasteiger partial charge in [-0.15, -0.1) is 17.0 Å². The summed E-state index contributed by atoms with van der Waals surface area (Å²) in [5, 5.41) is 7.69. The molecular weight excluding hydrogens is 244 g/mol. The van der Waals surface area contributed by atoms with Crippen LogP contribution < -0.4 is 0 Å². The number of carboxylic acid groups (broad SMARTS) is 1. The number of halogens is 2. The molecule has 0 saturated heterocycles. The van der Waals surface area contributed by atoms with Gasteiger partial charge < -0.3 is 5.11 Å². The van der Waals surface area contributed by atoms with E-state index in [9.17, 15) is 9.59 Å². The van der Waals surface area contributed by atoms with Crippen LogP contribution in [0.5, 0.6) is 0 Å². The van der Waals surface area contributed by atoms with Crippen molar-refractivity contribution in [1.82, 2.24) is 0 Å². The van der Waals surface area contributed by atoms with Crippen LogP contribution in [0.2, 0.25) is 0 Å². The molecule has 0 spiro atoms. The topological polar surface area (TPSA) is 54.4 Å². The van der Waals surface area contributed by atoms with Crippen molar-refractivity contribution in [3.05, 3.63) is 0 Å². The monoisotopic (exact) mass is 246 g/mol. The van der Waals surface area contributed by atoms with Crippen molar-refractivity contribution < 1.29 is 14.7 Å². The first-order chi connectivity index (χ1) is 3.18. The van der Waals surface area contributed by atoms with Gasteiger partial charge in [-0.2, -0.15) is 0 Å². The molecule has 0 atom stereocenters. The number of aliphatic carboxylic acids is 1. The lowest BCUT2D eigenvalue weighted by molar-refractivity contribution is -0.147. The molecule has 5 heteroatoms. The van der Waals surface area contributed by atoms with Crippen molar-refractivity contribution in [2.75, 3.05) is 5.33 Å². The number of Topliss-reactive ketones (excluding diaryl/α,β-unsaturated/α-hetero) is 1. The summed E-state index contributed by atoms with van der Waals surface area (Å²) in [6.45, 7) is 0. The Morgan fingerprint density at radius 2 is 1.88 bits per heavy atom. The fraction of sp³-hybridized carbons (Fsp3) is 0.333. The molecule has 3 nitrogen and oxygen atoms in total. The van der Waals surface area contributed by atoms with Crippen LogP contribution in [0.3, 0.4) is 0 Å². The Bertz CT molecular complexity index is 101. The third-order valence-electron chi connectivity index (χ3n) is 0.360. The Hall–Kier alpha value is 0.1000. The van der Waals surface area contributed by atoms with Crippen molar-refractivity contribution in [1.29, 1.82) is 0 Å². The molecule has 1 N–H and O–H groups in total. The van der Waals surface area contributed by atoms with Gasteiger partial charge in [0, 0.05) is 0 Å². The molecule has 48 valence electrons. The second-order valence-electron chi connectivity index (χ2n) is 0.862. The lowest BCUT2D eigenvalue weighted by Crippen LogP contribution is -2.12. The summed E-state index contributed by atoms with van der Waals surface area (Å²) in [4.78, 5) is 19.4. The van der Waals surface area contributed by atoms with Gasteiger partial charge in [-0.1, -0.05) is 15.9 Å². The summed E-state index contributed by atoms with van der Waals surface area (Å²) in [6.07, 6.45) is 0. The lowest BCUT2D eigenvalue weighted by atomic mass is 10.5. The zero-order valence-electron chi connectivity index (χ0n) is 3.76. The smallest absolute Gasteiger partial charge is 0.373 e. The molecular formula is C3H4Br2O3. The van der Waals surface area contributed by atoms with Crippen LogP contribution in [0.1, 0.15) is 0 Å². The number of hydrogen-bond acceptors (Lipinski definition) is 2. The predicted molar refractivity (Wildman–Crippen MR) is 36.8 cm³/mol. The van der Waals surface area contributed by atoms with Crippen molar-refractivity contribution in [3.8, 4) is 0 Å². The minimum absolute atomic E-state index is 0. The maximum absolute atomic E-state index is 9.87. The molecule has 0 unspecified atom stereocenters. The van der Waals surface area contributed by atoms with E-state index in [2.05, 4.69) is 15.9 Å². The quantitative estimate of drug-likeness (QED) is 0.575. The van der Waals surface area contributed by atoms with Gasteiger partial charge in [0.05, 0.1) is 5.33 Å². The van der Waals surface area contributed by atoms with Gasteiger partial charge in [0.15, 0.2) is 0 Å². The number of alkyl halides is 1. The first kappa shape index (κ1) is 11.0. The van der Waals surface area contributed by atoms with Crippen molar-refractivity contribution >= 4 is 44.7 Å². The third kappa shape index (κ3) is 4.26. The van der Waals surface area contributed by atoms with Gasteiger partial charge in [-0.05, 0) is 0 Å². The SMILES string of the molecule is Br.O=C(O)C(=O)CBr. The van der Waals surface area contributed by atoms with Crippen LogP contribution in [0, 0.1) is 0 Å². The molecule has 0 amide bonds. The average molecular weight is 248 g/mol. The third-order valence-corrected chi connectivity index (χ3v) is 0.869. The molecule has 0 bridgehead atoms. The highest BCUT2D eigenvalue weighted by atomic mass is 79.9. The predicted octanol–water partition coefficient (Wildman–Crippen LogP) is 0.613. The van der Waals surface area contributed by atoms with Gasteiger partial charge in [0.1, 0.15) is 0 Å². The molecule has 0 aliphatic heterocycles. The van der Waals surface area contributed by atoms with Crippen LogP contribution in [-0.4, -0.2) is 22.2 Å². The van der Waals surface area contributed by atoms with E-state index < -0.39 is 11.8 Å². The van der Waals surface area contributed by atoms with Crippen molar-refractivity contribution in [2.24, 2.45) is 0 Å². The Labute approximate surface area is 65.0 Å². The summed E-state index contributed by atoms with van der Waals surface area (Å²) in [5.74, 6) is -2.21. The van der Waals surface area contributed by atoms with E-state index in [1.165, 1.54) is 0 Å². The molecule has 0 rings (SSSR count). The summed E-state index contributed by atoms with van der Waals surface area (Å²) >= 11 is 2.68. The number of hydrogen-bond donors (Lipinski definition) is 1. The Kier molecular flexibility index (Phi) is 7.19. The van der Waals surface area contributed by atoms with Crippen molar-refractivity contribution in [3.63, 3.8) is 0 Å². The van der Waals surface area contributed by atoms with Gasteiger partial charge in [0.2, 0.25) is 5.78 Å². The first-order valence-electron chi connectivity index (χ1n) is 1.50. The molecule has 0 aromatic heterocycles. The summed E-state index contributed by atoms with van der Waals surface area (Å²) in [6, 6.07) is 0. The number of carboxylic acids is 1. The molecule has 0 saturated carbocycles. The van der Waals surface area contributed by atoms with Crippen LogP contribution in [0.25, 0.3) is 0 Å². The molecule has 8 heavy (non-hydrogen) atoms. The van der Waals surface area contributed by atoms with E-state index in [1.807, 2.05) is 0 Å². The highest BCUT2D eigenvalue weighted by Crippen LogP contribution is 1.80. The van der Waals surface area contributed by atoms with Gasteiger partial charge in [-0.3, -0.25) is 4.79 Å². The van der Waals surface area contributed by atoms with E-state index in [0.717, 1.165) is 0 Å². The fourth-order valence-corrected chi connectivity index (χ4v) is 0.297. The minimum Gasteiger partial charge on any atom is -0.475 e. The first-order valence-corrected chi connectivity index (χ1v) is 2.62. The number of carbonyl (C=O) groups excluding carboxylic acids is 1. The Morgan fingerprint density at radius 3 is 1.88 bits per heavy atom. The summed E-state index contributed by atoms with van der Waals surface area (Å²) < 4.78 is 0. The average Bonchev–Trinajstić information content (AvgIpc) is 1.65. The van der Waals surface area contributed by atoms with E-state index in [1.54, 1.807) is 0 Å². The second-order valence-corrected chi connectivity index (χ2v) is 1.42. The maximum atomic E-state index is 9.87. The van der Waals surface area contributed by atoms with E-state index in [4.69, 9.17) is 5.11 Å². The van der Waals surface area contributed by atoms with E-state index in [0.29, 0.717) is 0 Å². The summed E-state index contributed by atoms with van der Waals surface area (Å²) in [7, 11) is 0. The van der Waals surface area contributed by atoms with Crippen LogP contribution in [0.15, 0.2) is 0 Å². The molecule has 0 aromatic carbocycles. The van der Waals surface area contributed by atoms with Crippen LogP contribution in [-0.2, 0) is 9.59 Å². The molecule has 0 radical (unpaired) electrons. The van der Waals surface area contributed by atoms with Crippen LogP contribution in [0.4, 0.5) is 0 Å². The molecule has 0 aliphatic carbocycles. The highest BCUT2D eigenvalue weighted by Gasteiger charge is 2.06. The van der Waals surface area contributed by atoms with Gasteiger partial charge in [0.25, 0.3) is 0 Å². The number of carbonyl (C=O) groups is 2. The van der Waals surface area contributed by atoms with Crippen molar-refractivity contribution in [2.45, 2.75) is 0 Å². The zero-order valence-corrected chi connectivity index (χ0v) is 7.06. The minimum atomic E-state index is -1.39. The number of ketones is 1. The Balaban J connectivity index is 0. The lowest BCUT2D eigenvalue weighted by Gasteiger charge is -1.79. The van der Waals surface area contributed by atoms with E-state index >= 15 is 0 Å². The molecule has 0 aliphatic rings. The standard InChI is InChI=1S/C3H3BrO3.BrH/c4-1-2(5)3(6)7;/h1H2,(H,6,7);1H. The largest absolute Gasteiger partial charge is 0.475 e. The highest BCUT2D eigenvalue weighted by molar-refractivity contribution is 9.09. The van der Waals surface area contributed by atoms with Crippen LogP contribution >= 0.6 is 32.9 Å². The molecule has 0 aromatic rings.